The van der Waals surface area contributed by atoms with Crippen LogP contribution < -0.4 is 4.90 Å². The van der Waals surface area contributed by atoms with Gasteiger partial charge in [-0.1, -0.05) is 24.3 Å². The van der Waals surface area contributed by atoms with Crippen molar-refractivity contribution in [1.29, 1.82) is 0 Å². The first-order valence-corrected chi connectivity index (χ1v) is 7.66. The van der Waals surface area contributed by atoms with Crippen molar-refractivity contribution in [1.82, 2.24) is 4.98 Å². The molecule has 0 saturated heterocycles. The van der Waals surface area contributed by atoms with Gasteiger partial charge in [0.15, 0.2) is 0 Å². The Kier molecular flexibility index (Phi) is 3.24. The lowest BCUT2D eigenvalue weighted by atomic mass is 10.1. The van der Waals surface area contributed by atoms with Crippen LogP contribution in [0.5, 0.6) is 0 Å². The first kappa shape index (κ1) is 14.3. The number of nitrogens with zero attached hydrogens (tertiary/aromatic N) is 2. The van der Waals surface area contributed by atoms with Crippen LogP contribution in [0.3, 0.4) is 0 Å². The van der Waals surface area contributed by atoms with Crippen molar-refractivity contribution in [3.8, 4) is 11.3 Å². The van der Waals surface area contributed by atoms with Crippen LogP contribution in [0.2, 0.25) is 0 Å². The highest BCUT2D eigenvalue weighted by Gasteiger charge is 2.36. The number of anilines is 1. The Morgan fingerprint density at radius 3 is 2.04 bits per heavy atom. The predicted octanol–water partition coefficient (Wildman–Crippen LogP) is 3.86. The van der Waals surface area contributed by atoms with E-state index in [-0.39, 0.29) is 11.8 Å². The Hall–Kier alpha value is -3.27. The van der Waals surface area contributed by atoms with Crippen LogP contribution in [-0.2, 0) is 0 Å². The minimum absolute atomic E-state index is 0.281. The molecular weight excluding hydrogens is 300 g/mol. The van der Waals surface area contributed by atoms with Gasteiger partial charge in [0.1, 0.15) is 0 Å². The Morgan fingerprint density at radius 2 is 1.46 bits per heavy atom. The smallest absolute Gasteiger partial charge is 0.266 e. The van der Waals surface area contributed by atoms with Crippen molar-refractivity contribution in [2.75, 3.05) is 4.90 Å². The molecule has 2 amide bonds. The number of pyridine rings is 1. The number of carbonyl (C=O) groups excluding carboxylic acids is 2. The molecule has 4 heteroatoms. The molecule has 3 aromatic rings. The fourth-order valence-electron chi connectivity index (χ4n) is 2.90. The third-order valence-electron chi connectivity index (χ3n) is 4.13. The van der Waals surface area contributed by atoms with E-state index in [1.807, 2.05) is 31.2 Å². The lowest BCUT2D eigenvalue weighted by Crippen LogP contribution is -2.29. The molecule has 0 bridgehead atoms. The minimum atomic E-state index is -0.281. The number of aromatic nitrogens is 1. The predicted molar refractivity (Wildman–Crippen MR) is 92.0 cm³/mol. The largest absolute Gasteiger partial charge is 0.268 e. The number of rotatable bonds is 2. The van der Waals surface area contributed by atoms with Gasteiger partial charge in [0, 0.05) is 11.8 Å². The zero-order valence-electron chi connectivity index (χ0n) is 13.1. The van der Waals surface area contributed by atoms with E-state index in [9.17, 15) is 9.59 Å². The van der Waals surface area contributed by atoms with E-state index >= 15 is 0 Å². The molecular formula is C20H14N2O2. The summed E-state index contributed by atoms with van der Waals surface area (Å²) in [6.07, 6.45) is 1.77. The molecule has 0 radical (unpaired) electrons. The number of imide groups is 1. The van der Waals surface area contributed by atoms with E-state index in [2.05, 4.69) is 4.98 Å². The molecule has 2 aromatic carbocycles. The summed E-state index contributed by atoms with van der Waals surface area (Å²) in [5.41, 5.74) is 4.41. The van der Waals surface area contributed by atoms with Crippen molar-refractivity contribution >= 4 is 17.5 Å². The molecule has 4 nitrogen and oxygen atoms in total. The van der Waals surface area contributed by atoms with Crippen LogP contribution in [0, 0.1) is 6.92 Å². The molecule has 0 N–H and O–H groups in total. The first-order valence-electron chi connectivity index (χ1n) is 7.66. The monoisotopic (exact) mass is 314 g/mol. The Bertz CT molecular complexity index is 926. The Morgan fingerprint density at radius 1 is 0.833 bits per heavy atom. The molecule has 24 heavy (non-hydrogen) atoms. The molecule has 0 unspecified atom stereocenters. The van der Waals surface area contributed by atoms with Gasteiger partial charge in [-0.3, -0.25) is 14.6 Å². The maximum atomic E-state index is 12.5. The van der Waals surface area contributed by atoms with Crippen LogP contribution in [-0.4, -0.2) is 16.8 Å². The van der Waals surface area contributed by atoms with E-state index in [1.54, 1.807) is 42.6 Å². The summed E-state index contributed by atoms with van der Waals surface area (Å²) in [7, 11) is 0. The van der Waals surface area contributed by atoms with Gasteiger partial charge in [0.05, 0.1) is 22.5 Å². The topological polar surface area (TPSA) is 50.3 Å². The average Bonchev–Trinajstić information content (AvgIpc) is 2.87. The fraction of sp³-hybridized carbons (Fsp3) is 0.0500. The quantitative estimate of drug-likeness (QED) is 0.675. The number of amides is 2. The van der Waals surface area contributed by atoms with Crippen LogP contribution in [0.25, 0.3) is 11.3 Å². The molecule has 116 valence electrons. The first-order chi connectivity index (χ1) is 11.6. The summed E-state index contributed by atoms with van der Waals surface area (Å²) in [5, 5.41) is 0. The summed E-state index contributed by atoms with van der Waals surface area (Å²) in [6, 6.07) is 18.1. The maximum Gasteiger partial charge on any atom is 0.266 e. The second kappa shape index (κ2) is 5.42. The van der Waals surface area contributed by atoms with Gasteiger partial charge < -0.3 is 0 Å². The van der Waals surface area contributed by atoms with Gasteiger partial charge in [-0.25, -0.2) is 4.90 Å². The van der Waals surface area contributed by atoms with E-state index in [1.165, 1.54) is 4.90 Å². The van der Waals surface area contributed by atoms with Crippen molar-refractivity contribution in [2.45, 2.75) is 6.92 Å². The normalized spacial score (nSPS) is 13.3. The highest BCUT2D eigenvalue weighted by atomic mass is 16.2. The zero-order chi connectivity index (χ0) is 16.7. The number of benzene rings is 2. The fourth-order valence-corrected chi connectivity index (χ4v) is 2.90. The van der Waals surface area contributed by atoms with E-state index < -0.39 is 0 Å². The molecule has 1 aliphatic rings. The van der Waals surface area contributed by atoms with Crippen molar-refractivity contribution < 1.29 is 9.59 Å². The van der Waals surface area contributed by atoms with Gasteiger partial charge in [-0.15, -0.1) is 0 Å². The second-order valence-electron chi connectivity index (χ2n) is 5.76. The van der Waals surface area contributed by atoms with Crippen molar-refractivity contribution in [2.24, 2.45) is 0 Å². The van der Waals surface area contributed by atoms with Gasteiger partial charge in [-0.05, 0) is 48.9 Å². The molecule has 0 spiro atoms. The molecule has 0 aliphatic carbocycles. The third-order valence-corrected chi connectivity index (χ3v) is 4.13. The lowest BCUT2D eigenvalue weighted by Gasteiger charge is -2.14. The van der Waals surface area contributed by atoms with Gasteiger partial charge in [0.2, 0.25) is 0 Å². The molecule has 2 heterocycles. The van der Waals surface area contributed by atoms with Crippen LogP contribution in [0.4, 0.5) is 5.69 Å². The van der Waals surface area contributed by atoms with Crippen molar-refractivity contribution in [3.05, 3.63) is 83.6 Å². The number of carbonyl (C=O) groups is 2. The highest BCUT2D eigenvalue weighted by molar-refractivity contribution is 6.34. The van der Waals surface area contributed by atoms with Gasteiger partial charge in [-0.2, -0.15) is 0 Å². The van der Waals surface area contributed by atoms with E-state index in [0.717, 1.165) is 16.8 Å². The summed E-state index contributed by atoms with van der Waals surface area (Å²) < 4.78 is 0. The highest BCUT2D eigenvalue weighted by Crippen LogP contribution is 2.29. The minimum Gasteiger partial charge on any atom is -0.268 e. The summed E-state index contributed by atoms with van der Waals surface area (Å²) in [6.45, 7) is 2.01. The number of hydrogen-bond donors (Lipinski definition) is 0. The van der Waals surface area contributed by atoms with Gasteiger partial charge >= 0.3 is 0 Å². The molecule has 0 saturated carbocycles. The molecule has 1 aliphatic heterocycles. The lowest BCUT2D eigenvalue weighted by molar-refractivity contribution is 0.0926. The molecule has 1 aromatic heterocycles. The van der Waals surface area contributed by atoms with Gasteiger partial charge in [0.25, 0.3) is 11.8 Å². The summed E-state index contributed by atoms with van der Waals surface area (Å²) in [4.78, 5) is 30.6. The summed E-state index contributed by atoms with van der Waals surface area (Å²) in [5.74, 6) is -0.561. The van der Waals surface area contributed by atoms with Crippen LogP contribution in [0.15, 0.2) is 66.9 Å². The SMILES string of the molecule is Cc1ccnc(-c2ccc(N3C(=O)c4ccccc4C3=O)cc2)c1. The van der Waals surface area contributed by atoms with Crippen LogP contribution >= 0.6 is 0 Å². The Labute approximate surface area is 139 Å². The van der Waals surface area contributed by atoms with Crippen LogP contribution in [0.1, 0.15) is 26.3 Å². The van der Waals surface area contributed by atoms with E-state index in [0.29, 0.717) is 16.8 Å². The average molecular weight is 314 g/mol. The molecule has 0 atom stereocenters. The maximum absolute atomic E-state index is 12.5. The number of hydrogen-bond acceptors (Lipinski definition) is 3. The summed E-state index contributed by atoms with van der Waals surface area (Å²) >= 11 is 0. The van der Waals surface area contributed by atoms with Crippen molar-refractivity contribution in [3.63, 3.8) is 0 Å². The third kappa shape index (κ3) is 2.20. The van der Waals surface area contributed by atoms with E-state index in [4.69, 9.17) is 0 Å². The zero-order valence-corrected chi connectivity index (χ0v) is 13.1. The standard InChI is InChI=1S/C20H14N2O2/c1-13-10-11-21-18(12-13)14-6-8-15(9-7-14)22-19(23)16-4-2-3-5-17(16)20(22)24/h2-12H,1H3. The number of aryl methyl sites for hydroxylation is 1. The number of fused-ring (bicyclic) bond motifs is 1. The Balaban J connectivity index is 1.69. The molecule has 0 fully saturated rings. The molecule has 4 rings (SSSR count). The second-order valence-corrected chi connectivity index (χ2v) is 5.76.